The van der Waals surface area contributed by atoms with E-state index < -0.39 is 12.3 Å². The zero-order chi connectivity index (χ0) is 15.5. The highest BCUT2D eigenvalue weighted by Crippen LogP contribution is 2.26. The molecule has 1 heterocycles. The quantitative estimate of drug-likeness (QED) is 0.942. The van der Waals surface area contributed by atoms with E-state index in [0.717, 1.165) is 0 Å². The van der Waals surface area contributed by atoms with Gasteiger partial charge in [-0.25, -0.2) is 0 Å². The molecule has 0 aliphatic rings. The van der Waals surface area contributed by atoms with E-state index in [9.17, 15) is 18.0 Å². The number of rotatable bonds is 4. The molecule has 0 bridgehead atoms. The van der Waals surface area contributed by atoms with Crippen molar-refractivity contribution in [1.82, 2.24) is 15.1 Å². The van der Waals surface area contributed by atoms with Gasteiger partial charge >= 0.3 is 6.36 Å². The fourth-order valence-corrected chi connectivity index (χ4v) is 1.69. The van der Waals surface area contributed by atoms with E-state index in [0.29, 0.717) is 5.56 Å². The summed E-state index contributed by atoms with van der Waals surface area (Å²) in [6.07, 6.45) is -1.90. The molecule has 112 valence electrons. The van der Waals surface area contributed by atoms with Crippen LogP contribution < -0.4 is 10.1 Å². The third kappa shape index (κ3) is 4.23. The number of aromatic nitrogens is 2. The van der Waals surface area contributed by atoms with E-state index in [2.05, 4.69) is 15.2 Å². The minimum Gasteiger partial charge on any atom is -0.405 e. The lowest BCUT2D eigenvalue weighted by molar-refractivity contribution is -0.274. The molecule has 2 aromatic rings. The zero-order valence-electron chi connectivity index (χ0n) is 11.0. The summed E-state index contributed by atoms with van der Waals surface area (Å²) >= 11 is 0. The molecule has 1 N–H and O–H groups in total. The molecule has 0 saturated heterocycles. The molecule has 2 rings (SSSR count). The van der Waals surface area contributed by atoms with Crippen molar-refractivity contribution >= 4 is 5.91 Å². The van der Waals surface area contributed by atoms with Crippen molar-refractivity contribution in [2.24, 2.45) is 7.05 Å². The number of para-hydroxylation sites is 1. The monoisotopic (exact) mass is 299 g/mol. The number of amides is 1. The van der Waals surface area contributed by atoms with Crippen molar-refractivity contribution in [3.63, 3.8) is 0 Å². The van der Waals surface area contributed by atoms with Gasteiger partial charge in [-0.1, -0.05) is 18.2 Å². The SMILES string of the molecule is Cn1cc(C(=O)NCc2ccccc2OC(F)(F)F)cn1. The first-order chi connectivity index (χ1) is 9.85. The van der Waals surface area contributed by atoms with Crippen LogP contribution in [0.15, 0.2) is 36.7 Å². The number of aryl methyl sites for hydroxylation is 1. The number of hydrogen-bond donors (Lipinski definition) is 1. The first kappa shape index (κ1) is 14.9. The van der Waals surface area contributed by atoms with Gasteiger partial charge in [0.15, 0.2) is 0 Å². The molecule has 0 aliphatic heterocycles. The number of ether oxygens (including phenoxy) is 1. The number of benzene rings is 1. The van der Waals surface area contributed by atoms with Crippen molar-refractivity contribution < 1.29 is 22.7 Å². The van der Waals surface area contributed by atoms with Crippen LogP contribution in [0.2, 0.25) is 0 Å². The molecule has 0 spiro atoms. The van der Waals surface area contributed by atoms with Gasteiger partial charge in [-0.3, -0.25) is 9.48 Å². The van der Waals surface area contributed by atoms with Crippen molar-refractivity contribution in [1.29, 1.82) is 0 Å². The normalized spacial score (nSPS) is 11.2. The van der Waals surface area contributed by atoms with E-state index >= 15 is 0 Å². The number of carbonyl (C=O) groups excluding carboxylic acids is 1. The number of nitrogens with one attached hydrogen (secondary N) is 1. The van der Waals surface area contributed by atoms with Crippen LogP contribution in [0.5, 0.6) is 5.75 Å². The molecule has 1 aromatic heterocycles. The number of alkyl halides is 3. The summed E-state index contributed by atoms with van der Waals surface area (Å²) in [7, 11) is 1.66. The van der Waals surface area contributed by atoms with Crippen LogP contribution in [0.3, 0.4) is 0 Å². The van der Waals surface area contributed by atoms with Gasteiger partial charge in [-0.05, 0) is 6.07 Å². The summed E-state index contributed by atoms with van der Waals surface area (Å²) < 4.78 is 42.2. The average Bonchev–Trinajstić information content (AvgIpc) is 2.82. The van der Waals surface area contributed by atoms with Gasteiger partial charge in [0, 0.05) is 25.4 Å². The molecule has 0 atom stereocenters. The molecule has 0 unspecified atom stereocenters. The summed E-state index contributed by atoms with van der Waals surface area (Å²) in [5.41, 5.74) is 0.554. The topological polar surface area (TPSA) is 56.2 Å². The second kappa shape index (κ2) is 5.86. The van der Waals surface area contributed by atoms with Crippen LogP contribution in [0.4, 0.5) is 13.2 Å². The van der Waals surface area contributed by atoms with Crippen LogP contribution >= 0.6 is 0 Å². The predicted molar refractivity (Wildman–Crippen MR) is 67.5 cm³/mol. The molecule has 8 heteroatoms. The van der Waals surface area contributed by atoms with Crippen molar-refractivity contribution in [3.05, 3.63) is 47.8 Å². The number of nitrogens with zero attached hydrogens (tertiary/aromatic N) is 2. The maximum absolute atomic E-state index is 12.3. The Bertz CT molecular complexity index is 638. The summed E-state index contributed by atoms with van der Waals surface area (Å²) in [6, 6.07) is 5.63. The maximum Gasteiger partial charge on any atom is 0.573 e. The van der Waals surface area contributed by atoms with Gasteiger partial charge in [0.05, 0.1) is 11.8 Å². The summed E-state index contributed by atoms with van der Waals surface area (Å²) in [4.78, 5) is 11.8. The molecular formula is C13H12F3N3O2. The van der Waals surface area contributed by atoms with Crippen LogP contribution in [-0.4, -0.2) is 22.1 Å². The van der Waals surface area contributed by atoms with Gasteiger partial charge in [-0.15, -0.1) is 13.2 Å². The molecule has 21 heavy (non-hydrogen) atoms. The van der Waals surface area contributed by atoms with Crippen LogP contribution in [-0.2, 0) is 13.6 Å². The lowest BCUT2D eigenvalue weighted by atomic mass is 10.2. The Morgan fingerprint density at radius 2 is 2.10 bits per heavy atom. The predicted octanol–water partition coefficient (Wildman–Crippen LogP) is 2.25. The standard InChI is InChI=1S/C13H12F3N3O2/c1-19-8-10(7-18-19)12(20)17-6-9-4-2-3-5-11(9)21-13(14,15)16/h2-5,7-8H,6H2,1H3,(H,17,20). The molecule has 1 amide bonds. The Morgan fingerprint density at radius 3 is 2.71 bits per heavy atom. The van der Waals surface area contributed by atoms with E-state index in [1.54, 1.807) is 13.1 Å². The van der Waals surface area contributed by atoms with Gasteiger partial charge in [0.1, 0.15) is 5.75 Å². The van der Waals surface area contributed by atoms with Crippen LogP contribution in [0, 0.1) is 0 Å². The number of hydrogen-bond acceptors (Lipinski definition) is 3. The van der Waals surface area contributed by atoms with E-state index in [1.807, 2.05) is 0 Å². The molecular weight excluding hydrogens is 287 g/mol. The summed E-state index contributed by atoms with van der Waals surface area (Å²) in [5, 5.41) is 6.36. The lowest BCUT2D eigenvalue weighted by Gasteiger charge is -2.13. The smallest absolute Gasteiger partial charge is 0.405 e. The fraction of sp³-hybridized carbons (Fsp3) is 0.231. The first-order valence-corrected chi connectivity index (χ1v) is 5.95. The highest BCUT2D eigenvalue weighted by Gasteiger charge is 2.31. The largest absolute Gasteiger partial charge is 0.573 e. The number of halogens is 3. The molecule has 0 saturated carbocycles. The van der Waals surface area contributed by atoms with Crippen LogP contribution in [0.25, 0.3) is 0 Å². The van der Waals surface area contributed by atoms with E-state index in [1.165, 1.54) is 35.3 Å². The molecule has 1 aromatic carbocycles. The summed E-state index contributed by atoms with van der Waals surface area (Å²) in [6.45, 7) is -0.0834. The minimum absolute atomic E-state index is 0.0834. The Hall–Kier alpha value is -2.51. The second-order valence-electron chi connectivity index (χ2n) is 4.24. The fourth-order valence-electron chi connectivity index (χ4n) is 1.69. The van der Waals surface area contributed by atoms with Gasteiger partial charge in [0.25, 0.3) is 5.91 Å². The Labute approximate surface area is 118 Å². The average molecular weight is 299 g/mol. The van der Waals surface area contributed by atoms with Crippen LogP contribution in [0.1, 0.15) is 15.9 Å². The Morgan fingerprint density at radius 1 is 1.38 bits per heavy atom. The molecule has 0 radical (unpaired) electrons. The Kier molecular flexibility index (Phi) is 4.15. The molecule has 0 fully saturated rings. The number of carbonyl (C=O) groups is 1. The van der Waals surface area contributed by atoms with E-state index in [-0.39, 0.29) is 17.9 Å². The van der Waals surface area contributed by atoms with Gasteiger partial charge in [0.2, 0.25) is 0 Å². The highest BCUT2D eigenvalue weighted by molar-refractivity contribution is 5.93. The molecule has 5 nitrogen and oxygen atoms in total. The van der Waals surface area contributed by atoms with Gasteiger partial charge in [-0.2, -0.15) is 5.10 Å². The lowest BCUT2D eigenvalue weighted by Crippen LogP contribution is -2.24. The van der Waals surface area contributed by atoms with Gasteiger partial charge < -0.3 is 10.1 Å². The maximum atomic E-state index is 12.3. The van der Waals surface area contributed by atoms with Crippen molar-refractivity contribution in [2.75, 3.05) is 0 Å². The third-order valence-corrected chi connectivity index (χ3v) is 2.60. The highest BCUT2D eigenvalue weighted by atomic mass is 19.4. The minimum atomic E-state index is -4.77. The Balaban J connectivity index is 2.05. The van der Waals surface area contributed by atoms with E-state index in [4.69, 9.17) is 0 Å². The van der Waals surface area contributed by atoms with Crippen molar-refractivity contribution in [3.8, 4) is 5.75 Å². The molecule has 0 aliphatic carbocycles. The first-order valence-electron chi connectivity index (χ1n) is 5.95. The second-order valence-corrected chi connectivity index (χ2v) is 4.24. The van der Waals surface area contributed by atoms with Crippen molar-refractivity contribution in [2.45, 2.75) is 12.9 Å². The third-order valence-electron chi connectivity index (χ3n) is 2.60. The summed E-state index contributed by atoms with van der Waals surface area (Å²) in [5.74, 6) is -0.763. The zero-order valence-corrected chi connectivity index (χ0v) is 11.0.